The quantitative estimate of drug-likeness (QED) is 0.831. The number of ether oxygens (including phenoxy) is 1. The van der Waals surface area contributed by atoms with Gasteiger partial charge in [-0.1, -0.05) is 36.4 Å². The zero-order valence-corrected chi connectivity index (χ0v) is 9.61. The molecule has 0 bridgehead atoms. The van der Waals surface area contributed by atoms with Gasteiger partial charge in [-0.2, -0.15) is 0 Å². The Labute approximate surface area is 105 Å². The van der Waals surface area contributed by atoms with E-state index >= 15 is 0 Å². The summed E-state index contributed by atoms with van der Waals surface area (Å²) in [6.45, 7) is 0. The van der Waals surface area contributed by atoms with Crippen LogP contribution in [0, 0.1) is 0 Å². The van der Waals surface area contributed by atoms with E-state index in [4.69, 9.17) is 9.84 Å². The zero-order valence-electron chi connectivity index (χ0n) is 9.61. The molecule has 2 rings (SSSR count). The van der Waals surface area contributed by atoms with E-state index in [0.717, 1.165) is 11.6 Å². The molecule has 0 heterocycles. The van der Waals surface area contributed by atoms with Crippen LogP contribution < -0.4 is 4.74 Å². The SMILES string of the molecule is O=C(O)/C=C/c1ccccc1Oc1ccccc1. The first-order valence-electron chi connectivity index (χ1n) is 5.48. The molecule has 1 N–H and O–H groups in total. The largest absolute Gasteiger partial charge is 0.478 e. The van der Waals surface area contributed by atoms with E-state index in [0.29, 0.717) is 11.5 Å². The summed E-state index contributed by atoms with van der Waals surface area (Å²) in [5, 5.41) is 8.63. The maximum absolute atomic E-state index is 10.5. The molecule has 3 heteroatoms. The molecule has 0 aliphatic rings. The molecule has 0 aromatic heterocycles. The average Bonchev–Trinajstić information content (AvgIpc) is 2.39. The molecule has 0 radical (unpaired) electrons. The molecule has 2 aromatic rings. The normalized spacial score (nSPS) is 10.4. The summed E-state index contributed by atoms with van der Waals surface area (Å²) < 4.78 is 5.70. The van der Waals surface area contributed by atoms with E-state index in [1.54, 1.807) is 12.1 Å². The summed E-state index contributed by atoms with van der Waals surface area (Å²) in [5.41, 5.74) is 0.726. The van der Waals surface area contributed by atoms with E-state index in [2.05, 4.69) is 0 Å². The predicted molar refractivity (Wildman–Crippen MR) is 69.6 cm³/mol. The fourth-order valence-corrected chi connectivity index (χ4v) is 1.49. The van der Waals surface area contributed by atoms with Crippen LogP contribution in [-0.4, -0.2) is 11.1 Å². The first kappa shape index (κ1) is 11.9. The fourth-order valence-electron chi connectivity index (χ4n) is 1.49. The minimum Gasteiger partial charge on any atom is -0.478 e. The lowest BCUT2D eigenvalue weighted by molar-refractivity contribution is -0.131. The molecule has 2 aromatic carbocycles. The highest BCUT2D eigenvalue weighted by molar-refractivity contribution is 5.85. The number of carboxylic acid groups (broad SMARTS) is 1. The van der Waals surface area contributed by atoms with Gasteiger partial charge in [-0.3, -0.25) is 0 Å². The molecule has 0 spiro atoms. The lowest BCUT2D eigenvalue weighted by atomic mass is 10.2. The third-order valence-corrected chi connectivity index (χ3v) is 2.30. The van der Waals surface area contributed by atoms with Gasteiger partial charge >= 0.3 is 5.97 Å². The lowest BCUT2D eigenvalue weighted by Crippen LogP contribution is -1.89. The van der Waals surface area contributed by atoms with Crippen molar-refractivity contribution >= 4 is 12.0 Å². The van der Waals surface area contributed by atoms with Crippen molar-refractivity contribution in [3.63, 3.8) is 0 Å². The van der Waals surface area contributed by atoms with Gasteiger partial charge in [0, 0.05) is 11.6 Å². The lowest BCUT2D eigenvalue weighted by Gasteiger charge is -2.08. The van der Waals surface area contributed by atoms with E-state index in [-0.39, 0.29) is 0 Å². The third-order valence-electron chi connectivity index (χ3n) is 2.30. The summed E-state index contributed by atoms with van der Waals surface area (Å²) in [6.07, 6.45) is 2.60. The van der Waals surface area contributed by atoms with Crippen molar-refractivity contribution in [2.45, 2.75) is 0 Å². The van der Waals surface area contributed by atoms with Gasteiger partial charge in [-0.15, -0.1) is 0 Å². The van der Waals surface area contributed by atoms with Gasteiger partial charge in [-0.25, -0.2) is 4.79 Å². The number of benzene rings is 2. The second-order valence-corrected chi connectivity index (χ2v) is 3.62. The van der Waals surface area contributed by atoms with E-state index < -0.39 is 5.97 Å². The number of rotatable bonds is 4. The van der Waals surface area contributed by atoms with Crippen LogP contribution in [0.5, 0.6) is 11.5 Å². The van der Waals surface area contributed by atoms with Crippen molar-refractivity contribution in [2.24, 2.45) is 0 Å². The number of aliphatic carboxylic acids is 1. The number of para-hydroxylation sites is 2. The zero-order chi connectivity index (χ0) is 12.8. The Balaban J connectivity index is 2.25. The van der Waals surface area contributed by atoms with E-state index in [1.165, 1.54) is 6.08 Å². The van der Waals surface area contributed by atoms with E-state index in [1.807, 2.05) is 42.5 Å². The van der Waals surface area contributed by atoms with Crippen LogP contribution in [0.25, 0.3) is 6.08 Å². The van der Waals surface area contributed by atoms with Gasteiger partial charge in [-0.05, 0) is 24.3 Å². The topological polar surface area (TPSA) is 46.5 Å². The Morgan fingerprint density at radius 3 is 2.39 bits per heavy atom. The van der Waals surface area contributed by atoms with Crippen LogP contribution >= 0.6 is 0 Å². The van der Waals surface area contributed by atoms with Crippen LogP contribution in [-0.2, 0) is 4.79 Å². The number of carbonyl (C=O) groups is 1. The van der Waals surface area contributed by atoms with Crippen LogP contribution in [0.2, 0.25) is 0 Å². The Hall–Kier alpha value is -2.55. The fraction of sp³-hybridized carbons (Fsp3) is 0. The molecule has 0 aliphatic carbocycles. The van der Waals surface area contributed by atoms with Crippen molar-refractivity contribution < 1.29 is 14.6 Å². The molecule has 0 saturated carbocycles. The van der Waals surface area contributed by atoms with Crippen LogP contribution in [0.4, 0.5) is 0 Å². The van der Waals surface area contributed by atoms with Gasteiger partial charge in [0.15, 0.2) is 0 Å². The molecular formula is C15H12O3. The minimum atomic E-state index is -0.982. The maximum atomic E-state index is 10.5. The van der Waals surface area contributed by atoms with E-state index in [9.17, 15) is 4.79 Å². The third kappa shape index (κ3) is 3.22. The summed E-state index contributed by atoms with van der Waals surface area (Å²) in [6, 6.07) is 16.6. The highest BCUT2D eigenvalue weighted by atomic mass is 16.5. The van der Waals surface area contributed by atoms with Crippen molar-refractivity contribution in [2.75, 3.05) is 0 Å². The first-order chi connectivity index (χ1) is 8.75. The van der Waals surface area contributed by atoms with Gasteiger partial charge in [0.2, 0.25) is 0 Å². The van der Waals surface area contributed by atoms with Gasteiger partial charge in [0.1, 0.15) is 11.5 Å². The molecule has 0 saturated heterocycles. The molecule has 18 heavy (non-hydrogen) atoms. The van der Waals surface area contributed by atoms with Gasteiger partial charge < -0.3 is 9.84 Å². The van der Waals surface area contributed by atoms with Crippen LogP contribution in [0.15, 0.2) is 60.7 Å². The number of hydrogen-bond acceptors (Lipinski definition) is 2. The molecule has 0 amide bonds. The molecule has 90 valence electrons. The highest BCUT2D eigenvalue weighted by Crippen LogP contribution is 2.25. The number of hydrogen-bond donors (Lipinski definition) is 1. The Morgan fingerprint density at radius 1 is 1.00 bits per heavy atom. The Kier molecular flexibility index (Phi) is 3.76. The molecule has 0 aliphatic heterocycles. The summed E-state index contributed by atoms with van der Waals surface area (Å²) in [5.74, 6) is 0.361. The average molecular weight is 240 g/mol. The number of carboxylic acids is 1. The van der Waals surface area contributed by atoms with Gasteiger partial charge in [0.05, 0.1) is 0 Å². The first-order valence-corrected chi connectivity index (χ1v) is 5.48. The second kappa shape index (κ2) is 5.68. The Bertz CT molecular complexity index is 559. The monoisotopic (exact) mass is 240 g/mol. The highest BCUT2D eigenvalue weighted by Gasteiger charge is 2.01. The predicted octanol–water partition coefficient (Wildman–Crippen LogP) is 3.58. The molecule has 0 unspecified atom stereocenters. The van der Waals surface area contributed by atoms with Crippen LogP contribution in [0.3, 0.4) is 0 Å². The van der Waals surface area contributed by atoms with Crippen LogP contribution in [0.1, 0.15) is 5.56 Å². The van der Waals surface area contributed by atoms with Crippen molar-refractivity contribution in [1.29, 1.82) is 0 Å². The molecular weight excluding hydrogens is 228 g/mol. The Morgan fingerprint density at radius 2 is 1.67 bits per heavy atom. The van der Waals surface area contributed by atoms with Gasteiger partial charge in [0.25, 0.3) is 0 Å². The van der Waals surface area contributed by atoms with Crippen molar-refractivity contribution in [3.05, 3.63) is 66.2 Å². The van der Waals surface area contributed by atoms with Crippen molar-refractivity contribution in [1.82, 2.24) is 0 Å². The summed E-state index contributed by atoms with van der Waals surface area (Å²) in [4.78, 5) is 10.5. The second-order valence-electron chi connectivity index (χ2n) is 3.62. The minimum absolute atomic E-state index is 0.626. The van der Waals surface area contributed by atoms with Crippen molar-refractivity contribution in [3.8, 4) is 11.5 Å². The maximum Gasteiger partial charge on any atom is 0.328 e. The smallest absolute Gasteiger partial charge is 0.328 e. The molecule has 0 fully saturated rings. The standard InChI is InChI=1S/C15H12O3/c16-15(17)11-10-12-6-4-5-9-14(12)18-13-7-2-1-3-8-13/h1-11H,(H,16,17)/b11-10+. The molecule has 0 atom stereocenters. The summed E-state index contributed by atoms with van der Waals surface area (Å²) in [7, 11) is 0. The summed E-state index contributed by atoms with van der Waals surface area (Å²) >= 11 is 0. The molecule has 3 nitrogen and oxygen atoms in total.